The highest BCUT2D eigenvalue weighted by molar-refractivity contribution is 6.30. The Morgan fingerprint density at radius 1 is 0.864 bits per heavy atom. The van der Waals surface area contributed by atoms with Crippen LogP contribution in [0, 0.1) is 0 Å². The largest absolute Gasteiger partial charge is 0.490 e. The van der Waals surface area contributed by atoms with Gasteiger partial charge in [-0.15, -0.1) is 0 Å². The minimum Gasteiger partial charge on any atom is -0.490 e. The van der Waals surface area contributed by atoms with Crippen LogP contribution in [0.4, 0.5) is 11.4 Å². The summed E-state index contributed by atoms with van der Waals surface area (Å²) in [5.74, 6) is 0.900. The number of carbonyl (C=O) groups excluding carboxylic acids is 2. The number of halogens is 2. The van der Waals surface area contributed by atoms with Gasteiger partial charge in [0.15, 0.2) is 17.3 Å². The summed E-state index contributed by atoms with van der Waals surface area (Å²) < 4.78 is 12.2. The third-order valence-corrected chi connectivity index (χ3v) is 8.56. The van der Waals surface area contributed by atoms with E-state index < -0.39 is 6.04 Å². The summed E-state index contributed by atoms with van der Waals surface area (Å²) in [4.78, 5) is 29.3. The maximum absolute atomic E-state index is 14.2. The molecule has 0 saturated heterocycles. The van der Waals surface area contributed by atoms with Crippen LogP contribution in [0.15, 0.2) is 102 Å². The van der Waals surface area contributed by atoms with Crippen molar-refractivity contribution in [3.8, 4) is 11.5 Å². The van der Waals surface area contributed by atoms with Crippen molar-refractivity contribution in [1.29, 1.82) is 0 Å². The van der Waals surface area contributed by atoms with Crippen LogP contribution in [0.2, 0.25) is 10.0 Å². The summed E-state index contributed by atoms with van der Waals surface area (Å²) in [6.45, 7) is 4.19. The summed E-state index contributed by atoms with van der Waals surface area (Å²) in [6.07, 6.45) is 0.932. The number of ketones is 1. The number of rotatable bonds is 7. The van der Waals surface area contributed by atoms with Gasteiger partial charge in [0.2, 0.25) is 5.91 Å². The molecule has 0 unspecified atom stereocenters. The number of fused-ring (bicyclic) bond motifs is 1. The van der Waals surface area contributed by atoms with E-state index in [1.807, 2.05) is 97.9 Å². The Morgan fingerprint density at radius 3 is 2.25 bits per heavy atom. The quantitative estimate of drug-likeness (QED) is 0.222. The Bertz CT molecular complexity index is 1730. The van der Waals surface area contributed by atoms with E-state index in [2.05, 4.69) is 5.32 Å². The number of nitrogens with zero attached hydrogens (tertiary/aromatic N) is 1. The second-order valence-corrected chi connectivity index (χ2v) is 11.8. The highest BCUT2D eigenvalue weighted by atomic mass is 35.5. The van der Waals surface area contributed by atoms with Crippen LogP contribution in [0.25, 0.3) is 0 Å². The van der Waals surface area contributed by atoms with E-state index in [-0.39, 0.29) is 17.6 Å². The topological polar surface area (TPSA) is 67.9 Å². The molecule has 6 nitrogen and oxygen atoms in total. The average Bonchev–Trinajstić information content (AvgIpc) is 3.16. The van der Waals surface area contributed by atoms with Gasteiger partial charge >= 0.3 is 0 Å². The van der Waals surface area contributed by atoms with Gasteiger partial charge in [-0.05, 0) is 84.5 Å². The Balaban J connectivity index is 1.44. The molecule has 0 bridgehead atoms. The molecular weight excluding hydrogens is 595 g/mol. The number of nitrogens with one attached hydrogen (secondary N) is 1. The standard InChI is InChI=1S/C36H32Cl2N2O4/c1-3-43-34-20-25(12-17-33(34)44-21-23-8-13-27(37)14-9-23)36-35-30(39-29-6-4-5-7-31(29)40(36)22(2)41)18-26(19-32(35)42)24-10-15-28(38)16-11-24/h4-17,20,26,36,39H,3,18-19,21H2,1-2H3/t26-,36+/m0/s1. The molecule has 2 atom stereocenters. The summed E-state index contributed by atoms with van der Waals surface area (Å²) in [5, 5.41) is 4.87. The van der Waals surface area contributed by atoms with Crippen molar-refractivity contribution in [2.24, 2.45) is 0 Å². The van der Waals surface area contributed by atoms with Gasteiger partial charge < -0.3 is 14.8 Å². The summed E-state index contributed by atoms with van der Waals surface area (Å²) in [5.41, 5.74) is 5.64. The van der Waals surface area contributed by atoms with Gasteiger partial charge in [-0.2, -0.15) is 0 Å². The fraction of sp³-hybridized carbons (Fsp3) is 0.222. The number of amides is 1. The Hall–Kier alpha value is -4.26. The molecule has 8 heteroatoms. The fourth-order valence-electron chi connectivity index (χ4n) is 6.05. The zero-order valence-electron chi connectivity index (χ0n) is 24.5. The first-order valence-electron chi connectivity index (χ1n) is 14.6. The van der Waals surface area contributed by atoms with Crippen LogP contribution in [0.3, 0.4) is 0 Å². The van der Waals surface area contributed by atoms with E-state index in [0.717, 1.165) is 28.1 Å². The third-order valence-electron chi connectivity index (χ3n) is 8.06. The number of hydrogen-bond acceptors (Lipinski definition) is 5. The van der Waals surface area contributed by atoms with Crippen LogP contribution in [0.1, 0.15) is 55.3 Å². The molecule has 1 aliphatic carbocycles. The molecule has 0 aromatic heterocycles. The fourth-order valence-corrected chi connectivity index (χ4v) is 6.30. The zero-order chi connectivity index (χ0) is 30.8. The van der Waals surface area contributed by atoms with E-state index in [1.54, 1.807) is 4.90 Å². The number of carbonyl (C=O) groups is 2. The number of anilines is 2. The predicted molar refractivity (Wildman–Crippen MR) is 175 cm³/mol. The molecule has 44 heavy (non-hydrogen) atoms. The Morgan fingerprint density at radius 2 is 1.55 bits per heavy atom. The number of benzene rings is 4. The summed E-state index contributed by atoms with van der Waals surface area (Å²) in [7, 11) is 0. The third kappa shape index (κ3) is 6.05. The SMILES string of the molecule is CCOc1cc([C@@H]2C3=C(C[C@H](c4ccc(Cl)cc4)CC3=O)Nc3ccccc3N2C(C)=O)ccc1OCc1ccc(Cl)cc1. The van der Waals surface area contributed by atoms with Gasteiger partial charge in [0.25, 0.3) is 0 Å². The van der Waals surface area contributed by atoms with E-state index in [0.29, 0.717) is 58.9 Å². The van der Waals surface area contributed by atoms with Crippen LogP contribution < -0.4 is 19.7 Å². The smallest absolute Gasteiger partial charge is 0.224 e. The molecule has 1 amide bonds. The molecule has 224 valence electrons. The van der Waals surface area contributed by atoms with Crippen molar-refractivity contribution in [1.82, 2.24) is 0 Å². The van der Waals surface area contributed by atoms with Crippen LogP contribution in [-0.2, 0) is 16.2 Å². The molecule has 2 aliphatic rings. The first-order chi connectivity index (χ1) is 21.3. The molecule has 1 heterocycles. The van der Waals surface area contributed by atoms with Crippen molar-refractivity contribution in [3.05, 3.63) is 129 Å². The van der Waals surface area contributed by atoms with Crippen molar-refractivity contribution >= 4 is 46.3 Å². The van der Waals surface area contributed by atoms with Crippen LogP contribution in [0.5, 0.6) is 11.5 Å². The summed E-state index contributed by atoms with van der Waals surface area (Å²) >= 11 is 12.2. The lowest BCUT2D eigenvalue weighted by molar-refractivity contribution is -0.117. The highest BCUT2D eigenvalue weighted by Crippen LogP contribution is 2.48. The van der Waals surface area contributed by atoms with Gasteiger partial charge in [-0.1, -0.05) is 65.7 Å². The number of allylic oxidation sites excluding steroid dienone is 1. The molecule has 0 spiro atoms. The van der Waals surface area contributed by atoms with Crippen molar-refractivity contribution in [2.75, 3.05) is 16.8 Å². The minimum absolute atomic E-state index is 0.0104. The molecule has 0 fully saturated rings. The number of hydrogen-bond donors (Lipinski definition) is 1. The average molecular weight is 628 g/mol. The predicted octanol–water partition coefficient (Wildman–Crippen LogP) is 8.89. The van der Waals surface area contributed by atoms with E-state index >= 15 is 0 Å². The maximum atomic E-state index is 14.2. The lowest BCUT2D eigenvalue weighted by atomic mass is 9.78. The van der Waals surface area contributed by atoms with Crippen LogP contribution in [-0.4, -0.2) is 18.3 Å². The second-order valence-electron chi connectivity index (χ2n) is 11.0. The Labute approximate surface area is 267 Å². The maximum Gasteiger partial charge on any atom is 0.224 e. The first-order valence-corrected chi connectivity index (χ1v) is 15.4. The molecule has 1 aliphatic heterocycles. The van der Waals surface area contributed by atoms with Gasteiger partial charge in [0.1, 0.15) is 6.61 Å². The van der Waals surface area contributed by atoms with Crippen molar-refractivity contribution in [2.45, 2.75) is 45.3 Å². The van der Waals surface area contributed by atoms with Crippen molar-refractivity contribution in [3.63, 3.8) is 0 Å². The van der Waals surface area contributed by atoms with Gasteiger partial charge in [0, 0.05) is 34.7 Å². The first kappa shape index (κ1) is 29.8. The number of para-hydroxylation sites is 2. The molecule has 0 saturated carbocycles. The van der Waals surface area contributed by atoms with Crippen molar-refractivity contribution < 1.29 is 19.1 Å². The summed E-state index contributed by atoms with van der Waals surface area (Å²) in [6, 6.07) is 27.8. The van der Waals surface area contributed by atoms with Crippen LogP contribution >= 0.6 is 23.2 Å². The molecule has 1 N–H and O–H groups in total. The highest BCUT2D eigenvalue weighted by Gasteiger charge is 2.41. The molecule has 6 rings (SSSR count). The molecular formula is C36H32Cl2N2O4. The van der Waals surface area contributed by atoms with E-state index in [1.165, 1.54) is 6.92 Å². The minimum atomic E-state index is -0.665. The lowest BCUT2D eigenvalue weighted by Gasteiger charge is -2.35. The monoisotopic (exact) mass is 626 g/mol. The van der Waals surface area contributed by atoms with E-state index in [4.69, 9.17) is 32.7 Å². The molecule has 4 aromatic carbocycles. The molecule has 4 aromatic rings. The lowest BCUT2D eigenvalue weighted by Crippen LogP contribution is -2.37. The van der Waals surface area contributed by atoms with E-state index in [9.17, 15) is 9.59 Å². The zero-order valence-corrected chi connectivity index (χ0v) is 26.0. The molecule has 0 radical (unpaired) electrons. The van der Waals surface area contributed by atoms with Gasteiger partial charge in [-0.3, -0.25) is 14.5 Å². The second kappa shape index (κ2) is 12.8. The normalized spacial score (nSPS) is 17.7. The number of Topliss-reactive ketones (excluding diaryl/α,β-unsaturated/α-hetero) is 1. The van der Waals surface area contributed by atoms with Gasteiger partial charge in [-0.25, -0.2) is 0 Å². The number of ether oxygens (including phenoxy) is 2. The Kier molecular flexibility index (Phi) is 8.65. The van der Waals surface area contributed by atoms with Gasteiger partial charge in [0.05, 0.1) is 24.0 Å².